The van der Waals surface area contributed by atoms with Crippen LogP contribution in [-0.2, 0) is 0 Å². The molecule has 2 nitrogen and oxygen atoms in total. The lowest BCUT2D eigenvalue weighted by Crippen LogP contribution is -2.07. The van der Waals surface area contributed by atoms with Gasteiger partial charge in [0.15, 0.2) is 0 Å². The van der Waals surface area contributed by atoms with Gasteiger partial charge in [-0.05, 0) is 36.8 Å². The van der Waals surface area contributed by atoms with E-state index in [4.69, 9.17) is 28.5 Å². The zero-order valence-corrected chi connectivity index (χ0v) is 11.8. The van der Waals surface area contributed by atoms with E-state index in [1.54, 1.807) is 12.1 Å². The smallest absolute Gasteiger partial charge is 0.0991 e. The molecule has 96 valence electrons. The molecule has 0 spiro atoms. The maximum Gasteiger partial charge on any atom is 0.0991 e. The summed E-state index contributed by atoms with van der Waals surface area (Å²) in [5, 5.41) is 13.2. The van der Waals surface area contributed by atoms with Crippen molar-refractivity contribution in [3.8, 4) is 6.07 Å². The van der Waals surface area contributed by atoms with Gasteiger partial charge in [-0.2, -0.15) is 5.26 Å². The van der Waals surface area contributed by atoms with Gasteiger partial charge in [-0.25, -0.2) is 0 Å². The van der Waals surface area contributed by atoms with Crippen molar-refractivity contribution in [3.05, 3.63) is 63.6 Å². The molecular weight excluding hydrogens is 279 g/mol. The van der Waals surface area contributed by atoms with Crippen LogP contribution in [0.3, 0.4) is 0 Å². The van der Waals surface area contributed by atoms with E-state index >= 15 is 0 Å². The van der Waals surface area contributed by atoms with Gasteiger partial charge in [-0.15, -0.1) is 0 Å². The Morgan fingerprint density at radius 1 is 1.16 bits per heavy atom. The highest BCUT2D eigenvalue weighted by Gasteiger charge is 2.09. The number of hydrogen-bond acceptors (Lipinski definition) is 2. The first-order valence-corrected chi connectivity index (χ1v) is 6.58. The Morgan fingerprint density at radius 3 is 2.63 bits per heavy atom. The number of benzene rings is 2. The van der Waals surface area contributed by atoms with Gasteiger partial charge in [0.1, 0.15) is 0 Å². The summed E-state index contributed by atoms with van der Waals surface area (Å²) in [6.45, 7) is 2.01. The van der Waals surface area contributed by atoms with Gasteiger partial charge in [0, 0.05) is 6.04 Å². The third-order valence-corrected chi connectivity index (χ3v) is 3.66. The minimum atomic E-state index is 0.0317. The molecular formula is C15H12Cl2N2. The predicted molar refractivity (Wildman–Crippen MR) is 79.7 cm³/mol. The van der Waals surface area contributed by atoms with Crippen LogP contribution in [0.5, 0.6) is 0 Å². The molecule has 0 amide bonds. The molecule has 0 aromatic heterocycles. The molecule has 0 saturated heterocycles. The fourth-order valence-electron chi connectivity index (χ4n) is 1.81. The number of halogens is 2. The number of nitrogens with one attached hydrogen (secondary N) is 1. The molecule has 0 saturated carbocycles. The maximum absolute atomic E-state index is 8.91. The van der Waals surface area contributed by atoms with Crippen molar-refractivity contribution in [2.24, 2.45) is 0 Å². The molecule has 0 fully saturated rings. The first-order valence-electron chi connectivity index (χ1n) is 5.82. The highest BCUT2D eigenvalue weighted by atomic mass is 35.5. The second-order valence-electron chi connectivity index (χ2n) is 4.20. The SMILES string of the molecule is CC(Nc1cccc(Cl)c1Cl)c1cccc(C#N)c1. The number of hydrogen-bond donors (Lipinski definition) is 1. The average Bonchev–Trinajstić information content (AvgIpc) is 2.44. The Bertz CT molecular complexity index is 632. The van der Waals surface area contributed by atoms with Gasteiger partial charge in [0.05, 0.1) is 27.4 Å². The standard InChI is InChI=1S/C15H12Cl2N2/c1-10(12-5-2-4-11(8-12)9-18)19-14-7-3-6-13(16)15(14)17/h2-8,10,19H,1H3. The van der Waals surface area contributed by atoms with E-state index in [0.717, 1.165) is 11.3 Å². The van der Waals surface area contributed by atoms with E-state index < -0.39 is 0 Å². The molecule has 1 unspecified atom stereocenters. The first-order chi connectivity index (χ1) is 9.11. The van der Waals surface area contributed by atoms with Crippen LogP contribution in [0.4, 0.5) is 5.69 Å². The Kier molecular flexibility index (Phi) is 4.31. The zero-order valence-electron chi connectivity index (χ0n) is 10.3. The average molecular weight is 291 g/mol. The number of rotatable bonds is 3. The lowest BCUT2D eigenvalue weighted by molar-refractivity contribution is 0.884. The van der Waals surface area contributed by atoms with Crippen molar-refractivity contribution in [2.75, 3.05) is 5.32 Å². The van der Waals surface area contributed by atoms with Gasteiger partial charge in [-0.3, -0.25) is 0 Å². The van der Waals surface area contributed by atoms with E-state index in [0.29, 0.717) is 15.6 Å². The van der Waals surface area contributed by atoms with Crippen molar-refractivity contribution in [1.29, 1.82) is 5.26 Å². The van der Waals surface area contributed by atoms with Crippen molar-refractivity contribution < 1.29 is 0 Å². The fraction of sp³-hybridized carbons (Fsp3) is 0.133. The van der Waals surface area contributed by atoms with Crippen LogP contribution in [-0.4, -0.2) is 0 Å². The molecule has 0 aliphatic heterocycles. The lowest BCUT2D eigenvalue weighted by atomic mass is 10.1. The molecule has 1 atom stereocenters. The first kappa shape index (κ1) is 13.7. The molecule has 2 aromatic carbocycles. The Balaban J connectivity index is 2.23. The topological polar surface area (TPSA) is 35.8 Å². The number of anilines is 1. The van der Waals surface area contributed by atoms with E-state index in [-0.39, 0.29) is 6.04 Å². The summed E-state index contributed by atoms with van der Waals surface area (Å²) in [4.78, 5) is 0. The molecule has 0 aliphatic rings. The van der Waals surface area contributed by atoms with Crippen molar-refractivity contribution in [3.63, 3.8) is 0 Å². The van der Waals surface area contributed by atoms with Gasteiger partial charge < -0.3 is 5.32 Å². The third kappa shape index (κ3) is 3.20. The molecule has 19 heavy (non-hydrogen) atoms. The minimum Gasteiger partial charge on any atom is -0.377 e. The largest absolute Gasteiger partial charge is 0.377 e. The Hall–Kier alpha value is -1.69. The normalized spacial score (nSPS) is 11.7. The fourth-order valence-corrected chi connectivity index (χ4v) is 2.16. The minimum absolute atomic E-state index is 0.0317. The molecule has 0 bridgehead atoms. The van der Waals surface area contributed by atoms with Crippen LogP contribution in [0.1, 0.15) is 24.1 Å². The predicted octanol–water partition coefficient (Wildman–Crippen LogP) is 5.04. The highest BCUT2D eigenvalue weighted by Crippen LogP contribution is 2.32. The molecule has 2 aromatic rings. The van der Waals surface area contributed by atoms with Crippen LogP contribution in [0, 0.1) is 11.3 Å². The monoisotopic (exact) mass is 290 g/mol. The van der Waals surface area contributed by atoms with Crippen LogP contribution < -0.4 is 5.32 Å². The highest BCUT2D eigenvalue weighted by molar-refractivity contribution is 6.43. The van der Waals surface area contributed by atoms with Crippen molar-refractivity contribution in [2.45, 2.75) is 13.0 Å². The molecule has 4 heteroatoms. The van der Waals surface area contributed by atoms with Crippen LogP contribution in [0.2, 0.25) is 10.0 Å². The summed E-state index contributed by atoms with van der Waals surface area (Å²) >= 11 is 12.1. The van der Waals surface area contributed by atoms with Crippen LogP contribution in [0.15, 0.2) is 42.5 Å². The second kappa shape index (κ2) is 5.97. The van der Waals surface area contributed by atoms with Crippen molar-refractivity contribution >= 4 is 28.9 Å². The summed E-state index contributed by atoms with van der Waals surface area (Å²) in [6, 6.07) is 15.1. The summed E-state index contributed by atoms with van der Waals surface area (Å²) in [7, 11) is 0. The van der Waals surface area contributed by atoms with E-state index in [1.807, 2.05) is 37.3 Å². The molecule has 1 N–H and O–H groups in total. The number of nitriles is 1. The molecule has 2 rings (SSSR count). The Morgan fingerprint density at radius 2 is 1.89 bits per heavy atom. The van der Waals surface area contributed by atoms with Gasteiger partial charge in [0.2, 0.25) is 0 Å². The van der Waals surface area contributed by atoms with Crippen molar-refractivity contribution in [1.82, 2.24) is 0 Å². The molecule has 0 radical (unpaired) electrons. The summed E-state index contributed by atoms with van der Waals surface area (Å²) in [5.41, 5.74) is 2.45. The second-order valence-corrected chi connectivity index (χ2v) is 4.99. The molecule has 0 heterocycles. The van der Waals surface area contributed by atoms with Gasteiger partial charge in [-0.1, -0.05) is 41.4 Å². The maximum atomic E-state index is 8.91. The zero-order chi connectivity index (χ0) is 13.8. The quantitative estimate of drug-likeness (QED) is 0.860. The Labute approximate surface area is 122 Å². The van der Waals surface area contributed by atoms with Gasteiger partial charge in [0.25, 0.3) is 0 Å². The summed E-state index contributed by atoms with van der Waals surface area (Å²) in [5.74, 6) is 0. The van der Waals surface area contributed by atoms with Crippen LogP contribution in [0.25, 0.3) is 0 Å². The lowest BCUT2D eigenvalue weighted by Gasteiger charge is -2.17. The van der Waals surface area contributed by atoms with E-state index in [1.165, 1.54) is 0 Å². The van der Waals surface area contributed by atoms with Crippen LogP contribution >= 0.6 is 23.2 Å². The summed E-state index contributed by atoms with van der Waals surface area (Å²) in [6.07, 6.45) is 0. The summed E-state index contributed by atoms with van der Waals surface area (Å²) < 4.78 is 0. The molecule has 0 aliphatic carbocycles. The van der Waals surface area contributed by atoms with E-state index in [2.05, 4.69) is 11.4 Å². The third-order valence-electron chi connectivity index (χ3n) is 2.84. The number of nitrogens with zero attached hydrogens (tertiary/aromatic N) is 1. The van der Waals surface area contributed by atoms with Gasteiger partial charge >= 0.3 is 0 Å². The van der Waals surface area contributed by atoms with E-state index in [9.17, 15) is 0 Å².